The highest BCUT2D eigenvalue weighted by Gasteiger charge is 2.10. The molecule has 0 aliphatic heterocycles. The predicted octanol–water partition coefficient (Wildman–Crippen LogP) is 2.50. The number of aldehydes is 1. The summed E-state index contributed by atoms with van der Waals surface area (Å²) in [5.41, 5.74) is 0.866. The molecule has 0 N–H and O–H groups in total. The highest BCUT2D eigenvalue weighted by atomic mass is 19.1. The first kappa shape index (κ1) is 13.6. The van der Waals surface area contributed by atoms with Gasteiger partial charge in [0, 0.05) is 25.3 Å². The van der Waals surface area contributed by atoms with Crippen LogP contribution in [0.5, 0.6) is 0 Å². The van der Waals surface area contributed by atoms with E-state index in [1.54, 1.807) is 12.1 Å². The molecule has 0 amide bonds. The van der Waals surface area contributed by atoms with Gasteiger partial charge in [0.1, 0.15) is 12.1 Å². The molecule has 0 aromatic heterocycles. The summed E-state index contributed by atoms with van der Waals surface area (Å²) in [7, 11) is 0. The fourth-order valence-electron chi connectivity index (χ4n) is 1.62. The molecule has 0 aliphatic carbocycles. The lowest BCUT2D eigenvalue weighted by atomic mass is 10.2. The minimum absolute atomic E-state index is 0.354. The van der Waals surface area contributed by atoms with E-state index in [0.717, 1.165) is 0 Å². The molecule has 0 bridgehead atoms. The minimum atomic E-state index is -0.368. The Hall–Kier alpha value is -1.42. The van der Waals surface area contributed by atoms with Crippen LogP contribution in [0.4, 0.5) is 10.1 Å². The maximum atomic E-state index is 13.7. The molecule has 0 saturated carbocycles. The summed E-state index contributed by atoms with van der Waals surface area (Å²) in [6.07, 6.45) is 0.642. The lowest BCUT2D eigenvalue weighted by Gasteiger charge is -2.23. The SMILES string of the molecule is CCOCCN(CC)c1ccc(C=O)cc1F. The number of hydrogen-bond acceptors (Lipinski definition) is 3. The lowest BCUT2D eigenvalue weighted by molar-refractivity contribution is 0.112. The summed E-state index contributed by atoms with van der Waals surface area (Å²) in [5, 5.41) is 0. The largest absolute Gasteiger partial charge is 0.380 e. The van der Waals surface area contributed by atoms with E-state index in [9.17, 15) is 9.18 Å². The van der Waals surface area contributed by atoms with E-state index in [2.05, 4.69) is 0 Å². The second-order valence-corrected chi connectivity index (χ2v) is 3.61. The van der Waals surface area contributed by atoms with Gasteiger partial charge in [0.15, 0.2) is 0 Å². The summed E-state index contributed by atoms with van der Waals surface area (Å²) in [6, 6.07) is 4.51. The van der Waals surface area contributed by atoms with Gasteiger partial charge in [-0.1, -0.05) is 0 Å². The van der Waals surface area contributed by atoms with E-state index in [4.69, 9.17) is 4.74 Å². The van der Waals surface area contributed by atoms with Crippen molar-refractivity contribution in [1.29, 1.82) is 0 Å². The third-order valence-electron chi connectivity index (χ3n) is 2.54. The number of nitrogens with zero attached hydrogens (tertiary/aromatic N) is 1. The second-order valence-electron chi connectivity index (χ2n) is 3.61. The van der Waals surface area contributed by atoms with Gasteiger partial charge in [-0.05, 0) is 32.0 Å². The molecular formula is C13H18FNO2. The van der Waals surface area contributed by atoms with Crippen LogP contribution in [0.25, 0.3) is 0 Å². The zero-order valence-corrected chi connectivity index (χ0v) is 10.3. The Balaban J connectivity index is 2.77. The Morgan fingerprint density at radius 2 is 2.18 bits per heavy atom. The fraction of sp³-hybridized carbons (Fsp3) is 0.462. The lowest BCUT2D eigenvalue weighted by Crippen LogP contribution is -2.28. The van der Waals surface area contributed by atoms with Gasteiger partial charge >= 0.3 is 0 Å². The number of ether oxygens (including phenoxy) is 1. The van der Waals surface area contributed by atoms with E-state index >= 15 is 0 Å². The van der Waals surface area contributed by atoms with Gasteiger partial charge in [0.2, 0.25) is 0 Å². The normalized spacial score (nSPS) is 10.3. The molecule has 17 heavy (non-hydrogen) atoms. The molecule has 0 saturated heterocycles. The van der Waals surface area contributed by atoms with E-state index in [1.165, 1.54) is 6.07 Å². The number of carbonyl (C=O) groups is 1. The first-order valence-corrected chi connectivity index (χ1v) is 5.80. The number of carbonyl (C=O) groups excluding carboxylic acids is 1. The summed E-state index contributed by atoms with van der Waals surface area (Å²) in [5.74, 6) is -0.368. The fourth-order valence-corrected chi connectivity index (χ4v) is 1.62. The third-order valence-corrected chi connectivity index (χ3v) is 2.54. The van der Waals surface area contributed by atoms with Crippen LogP contribution < -0.4 is 4.90 Å². The van der Waals surface area contributed by atoms with Crippen molar-refractivity contribution < 1.29 is 13.9 Å². The molecule has 4 heteroatoms. The van der Waals surface area contributed by atoms with Gasteiger partial charge in [-0.25, -0.2) is 4.39 Å². The second kappa shape index (κ2) is 7.01. The van der Waals surface area contributed by atoms with Crippen molar-refractivity contribution in [3.8, 4) is 0 Å². The van der Waals surface area contributed by atoms with E-state index in [1.807, 2.05) is 18.7 Å². The Kier molecular flexibility index (Phi) is 5.63. The van der Waals surface area contributed by atoms with Crippen LogP contribution in [-0.2, 0) is 4.74 Å². The molecule has 0 aliphatic rings. The molecule has 0 spiro atoms. The smallest absolute Gasteiger partial charge is 0.150 e. The zero-order chi connectivity index (χ0) is 12.7. The van der Waals surface area contributed by atoms with Crippen molar-refractivity contribution in [2.24, 2.45) is 0 Å². The van der Waals surface area contributed by atoms with Gasteiger partial charge in [-0.15, -0.1) is 0 Å². The van der Waals surface area contributed by atoms with Crippen molar-refractivity contribution in [3.05, 3.63) is 29.6 Å². The quantitative estimate of drug-likeness (QED) is 0.541. The molecule has 0 fully saturated rings. The average Bonchev–Trinajstić information content (AvgIpc) is 2.35. The molecular weight excluding hydrogens is 221 g/mol. The first-order valence-electron chi connectivity index (χ1n) is 5.80. The van der Waals surface area contributed by atoms with Crippen LogP contribution in [-0.4, -0.2) is 32.6 Å². The molecule has 1 rings (SSSR count). The standard InChI is InChI=1S/C13H18FNO2/c1-3-15(7-8-17-4-2)13-6-5-11(10-16)9-12(13)14/h5-6,9-10H,3-4,7-8H2,1-2H3. The maximum absolute atomic E-state index is 13.7. The summed E-state index contributed by atoms with van der Waals surface area (Å²) in [6.45, 7) is 6.45. The molecule has 3 nitrogen and oxygen atoms in total. The Morgan fingerprint density at radius 1 is 1.41 bits per heavy atom. The maximum Gasteiger partial charge on any atom is 0.150 e. The summed E-state index contributed by atoms with van der Waals surface area (Å²) < 4.78 is 19.0. The highest BCUT2D eigenvalue weighted by molar-refractivity contribution is 5.75. The molecule has 0 heterocycles. The van der Waals surface area contributed by atoms with Gasteiger partial charge in [-0.2, -0.15) is 0 Å². The third kappa shape index (κ3) is 3.82. The van der Waals surface area contributed by atoms with Gasteiger partial charge < -0.3 is 9.64 Å². The Morgan fingerprint density at radius 3 is 2.71 bits per heavy atom. The van der Waals surface area contributed by atoms with E-state index in [-0.39, 0.29) is 5.82 Å². The molecule has 1 aromatic rings. The van der Waals surface area contributed by atoms with Crippen LogP contribution in [0.3, 0.4) is 0 Å². The van der Waals surface area contributed by atoms with Crippen LogP contribution in [0.2, 0.25) is 0 Å². The number of anilines is 1. The van der Waals surface area contributed by atoms with Crippen molar-refractivity contribution in [1.82, 2.24) is 0 Å². The van der Waals surface area contributed by atoms with Crippen LogP contribution in [0, 0.1) is 5.82 Å². The molecule has 1 aromatic carbocycles. The minimum Gasteiger partial charge on any atom is -0.380 e. The van der Waals surface area contributed by atoms with Gasteiger partial charge in [0.25, 0.3) is 0 Å². The van der Waals surface area contributed by atoms with E-state index in [0.29, 0.717) is 43.8 Å². The summed E-state index contributed by atoms with van der Waals surface area (Å²) >= 11 is 0. The highest BCUT2D eigenvalue weighted by Crippen LogP contribution is 2.19. The molecule has 0 radical (unpaired) electrons. The Bertz CT molecular complexity index is 368. The van der Waals surface area contributed by atoms with Crippen molar-refractivity contribution in [3.63, 3.8) is 0 Å². The number of hydrogen-bond donors (Lipinski definition) is 0. The number of halogens is 1. The molecule has 0 unspecified atom stereocenters. The number of benzene rings is 1. The van der Waals surface area contributed by atoms with E-state index < -0.39 is 0 Å². The van der Waals surface area contributed by atoms with Crippen molar-refractivity contribution >= 4 is 12.0 Å². The Labute approximate surface area is 101 Å². The van der Waals surface area contributed by atoms with Crippen LogP contribution in [0.15, 0.2) is 18.2 Å². The predicted molar refractivity (Wildman–Crippen MR) is 66.2 cm³/mol. The van der Waals surface area contributed by atoms with Gasteiger partial charge in [0.05, 0.1) is 12.3 Å². The van der Waals surface area contributed by atoms with Crippen LogP contribution >= 0.6 is 0 Å². The monoisotopic (exact) mass is 239 g/mol. The zero-order valence-electron chi connectivity index (χ0n) is 10.3. The van der Waals surface area contributed by atoms with Crippen molar-refractivity contribution in [2.45, 2.75) is 13.8 Å². The van der Waals surface area contributed by atoms with Gasteiger partial charge in [-0.3, -0.25) is 4.79 Å². The van der Waals surface area contributed by atoms with Crippen LogP contribution in [0.1, 0.15) is 24.2 Å². The van der Waals surface area contributed by atoms with Crippen molar-refractivity contribution in [2.75, 3.05) is 31.2 Å². The summed E-state index contributed by atoms with van der Waals surface area (Å²) in [4.78, 5) is 12.4. The first-order chi connectivity index (χ1) is 8.22. The topological polar surface area (TPSA) is 29.5 Å². The molecule has 0 atom stereocenters. The molecule has 94 valence electrons. The number of rotatable bonds is 7. The number of likely N-dealkylation sites (N-methyl/N-ethyl adjacent to an activating group) is 1. The average molecular weight is 239 g/mol.